The summed E-state index contributed by atoms with van der Waals surface area (Å²) >= 11 is 0. The molecule has 1 atom stereocenters. The van der Waals surface area contributed by atoms with E-state index in [1.54, 1.807) is 0 Å². The molecule has 3 heteroatoms. The molecule has 0 saturated carbocycles. The second-order valence-electron chi connectivity index (χ2n) is 15.9. The number of hydrogen-bond acceptors (Lipinski definition) is 2. The Hall–Kier alpha value is -3.22. The quantitative estimate of drug-likeness (QED) is 0.215. The number of rotatable bonds is 5. The van der Waals surface area contributed by atoms with Crippen molar-refractivity contribution in [1.29, 1.82) is 0 Å². The summed E-state index contributed by atoms with van der Waals surface area (Å²) in [5.74, 6) is 0.642. The van der Waals surface area contributed by atoms with E-state index in [1.165, 1.54) is 38.9 Å². The van der Waals surface area contributed by atoms with Crippen LogP contribution in [-0.4, -0.2) is 0 Å². The van der Waals surface area contributed by atoms with Gasteiger partial charge in [-0.2, -0.15) is 0 Å². The first kappa shape index (κ1) is 32.7. The number of hydrogen-bond donors (Lipinski definition) is 0. The molecule has 43 heavy (non-hydrogen) atoms. The molecule has 4 rings (SSSR count). The average molecular weight is 594 g/mol. The smallest absolute Gasteiger partial charge is 0.255 e. The van der Waals surface area contributed by atoms with E-state index in [4.69, 9.17) is 4.52 Å². The molecule has 0 aliphatic heterocycles. The summed E-state index contributed by atoms with van der Waals surface area (Å²) < 4.78 is 18.3. The zero-order valence-electron chi connectivity index (χ0n) is 28.3. The van der Waals surface area contributed by atoms with Gasteiger partial charge in [-0.3, -0.25) is 4.52 Å². The summed E-state index contributed by atoms with van der Waals surface area (Å²) in [6.07, 6.45) is 0. The van der Waals surface area contributed by atoms with Gasteiger partial charge in [-0.1, -0.05) is 150 Å². The topological polar surface area (TPSA) is 26.3 Å². The van der Waals surface area contributed by atoms with E-state index < -0.39 is 8.69 Å². The van der Waals surface area contributed by atoms with Crippen LogP contribution in [0.1, 0.15) is 105 Å². The standard InChI is InChI=1S/C40H50O2P/c1-37(2,3)28-20-16-21-29(38(4,5)6)34(28)27-24-25-32(42-43-41)36(33(27)26-18-14-13-15-19-26)35-30(39(7,8)9)22-17-23-31(35)40(10,11)12/h13-25,43H,1-12H3/q+1. The van der Waals surface area contributed by atoms with Crippen LogP contribution in [-0.2, 0) is 26.2 Å². The fourth-order valence-electron chi connectivity index (χ4n) is 6.24. The van der Waals surface area contributed by atoms with Gasteiger partial charge >= 0.3 is 8.69 Å². The van der Waals surface area contributed by atoms with E-state index in [2.05, 4.69) is 156 Å². The molecule has 0 radical (unpaired) electrons. The van der Waals surface area contributed by atoms with Crippen LogP contribution in [0.3, 0.4) is 0 Å². The Morgan fingerprint density at radius 3 is 1.26 bits per heavy atom. The molecular weight excluding hydrogens is 543 g/mol. The molecule has 226 valence electrons. The van der Waals surface area contributed by atoms with Crippen LogP contribution in [0.5, 0.6) is 5.75 Å². The minimum Gasteiger partial charge on any atom is -0.255 e. The summed E-state index contributed by atoms with van der Waals surface area (Å²) in [5.41, 5.74) is 11.5. The zero-order valence-corrected chi connectivity index (χ0v) is 29.3. The van der Waals surface area contributed by atoms with E-state index in [1.807, 2.05) is 6.07 Å². The van der Waals surface area contributed by atoms with Crippen molar-refractivity contribution < 1.29 is 9.09 Å². The molecular formula is C40H50O2P+. The van der Waals surface area contributed by atoms with Gasteiger partial charge < -0.3 is 0 Å². The molecule has 0 heterocycles. The molecule has 0 aliphatic rings. The largest absolute Gasteiger partial charge is 0.542 e. The zero-order chi connectivity index (χ0) is 32.0. The highest BCUT2D eigenvalue weighted by molar-refractivity contribution is 7.17. The molecule has 2 nitrogen and oxygen atoms in total. The van der Waals surface area contributed by atoms with Crippen molar-refractivity contribution in [3.8, 4) is 39.1 Å². The van der Waals surface area contributed by atoms with E-state index in [0.717, 1.165) is 16.7 Å². The van der Waals surface area contributed by atoms with Gasteiger partial charge in [-0.05, 0) is 82.9 Å². The van der Waals surface area contributed by atoms with Crippen molar-refractivity contribution in [3.05, 3.63) is 101 Å². The Labute approximate surface area is 262 Å². The highest BCUT2D eigenvalue weighted by atomic mass is 31.1. The maximum absolute atomic E-state index is 12.2. The first-order valence-corrected chi connectivity index (χ1v) is 16.2. The second-order valence-corrected chi connectivity index (χ2v) is 16.2. The molecule has 0 amide bonds. The molecule has 0 spiro atoms. The normalized spacial score (nSPS) is 12.9. The first-order chi connectivity index (χ1) is 19.9. The third-order valence-electron chi connectivity index (χ3n) is 8.26. The Balaban J connectivity index is 2.38. The predicted molar refractivity (Wildman–Crippen MR) is 187 cm³/mol. The van der Waals surface area contributed by atoms with E-state index >= 15 is 0 Å². The third-order valence-corrected chi connectivity index (χ3v) is 8.56. The van der Waals surface area contributed by atoms with Crippen LogP contribution in [0.2, 0.25) is 0 Å². The molecule has 0 fully saturated rings. The molecule has 4 aromatic rings. The van der Waals surface area contributed by atoms with Crippen molar-refractivity contribution in [2.45, 2.75) is 105 Å². The summed E-state index contributed by atoms with van der Waals surface area (Å²) in [4.78, 5) is 0. The van der Waals surface area contributed by atoms with Gasteiger partial charge in [0.15, 0.2) is 5.75 Å². The van der Waals surface area contributed by atoms with Crippen LogP contribution in [0, 0.1) is 0 Å². The lowest BCUT2D eigenvalue weighted by atomic mass is 9.70. The van der Waals surface area contributed by atoms with Crippen LogP contribution in [0.25, 0.3) is 33.4 Å². The molecule has 1 unspecified atom stereocenters. The lowest BCUT2D eigenvalue weighted by Crippen LogP contribution is -2.20. The average Bonchev–Trinajstić information content (AvgIpc) is 2.90. The third kappa shape index (κ3) is 6.66. The van der Waals surface area contributed by atoms with Gasteiger partial charge in [0.2, 0.25) is 0 Å². The van der Waals surface area contributed by atoms with Crippen molar-refractivity contribution in [2.75, 3.05) is 0 Å². The predicted octanol–water partition coefficient (Wildman–Crippen LogP) is 12.2. The van der Waals surface area contributed by atoms with Gasteiger partial charge in [0.05, 0.1) is 0 Å². The van der Waals surface area contributed by atoms with Crippen molar-refractivity contribution in [2.24, 2.45) is 0 Å². The summed E-state index contributed by atoms with van der Waals surface area (Å²) in [6, 6.07) is 28.3. The van der Waals surface area contributed by atoms with Crippen molar-refractivity contribution in [1.82, 2.24) is 0 Å². The Bertz CT molecular complexity index is 1550. The van der Waals surface area contributed by atoms with Crippen molar-refractivity contribution >= 4 is 8.69 Å². The van der Waals surface area contributed by atoms with Crippen LogP contribution < -0.4 is 4.52 Å². The lowest BCUT2D eigenvalue weighted by molar-refractivity contribution is 0.525. The maximum atomic E-state index is 12.2. The molecule has 0 N–H and O–H groups in total. The van der Waals surface area contributed by atoms with Gasteiger partial charge in [0.25, 0.3) is 0 Å². The van der Waals surface area contributed by atoms with Crippen molar-refractivity contribution in [3.63, 3.8) is 0 Å². The molecule has 4 aromatic carbocycles. The fraction of sp³-hybridized carbons (Fsp3) is 0.400. The molecule has 0 aliphatic carbocycles. The Morgan fingerprint density at radius 1 is 0.442 bits per heavy atom. The van der Waals surface area contributed by atoms with Crippen LogP contribution in [0.15, 0.2) is 78.9 Å². The van der Waals surface area contributed by atoms with Crippen LogP contribution in [0.4, 0.5) is 0 Å². The van der Waals surface area contributed by atoms with Gasteiger partial charge in [0.1, 0.15) is 0 Å². The summed E-state index contributed by atoms with van der Waals surface area (Å²) in [7, 11) is -0.912. The minimum atomic E-state index is -0.912. The van der Waals surface area contributed by atoms with Crippen LogP contribution >= 0.6 is 8.69 Å². The molecule has 0 bridgehead atoms. The minimum absolute atomic E-state index is 0.0871. The van der Waals surface area contributed by atoms with E-state index in [0.29, 0.717) is 5.75 Å². The Kier molecular flexibility index (Phi) is 8.89. The highest BCUT2D eigenvalue weighted by Gasteiger charge is 2.34. The van der Waals surface area contributed by atoms with E-state index in [-0.39, 0.29) is 21.7 Å². The van der Waals surface area contributed by atoms with Gasteiger partial charge in [-0.25, -0.2) is 0 Å². The van der Waals surface area contributed by atoms with Gasteiger partial charge in [-0.15, -0.1) is 0 Å². The Morgan fingerprint density at radius 2 is 0.860 bits per heavy atom. The first-order valence-electron chi connectivity index (χ1n) is 15.4. The molecule has 0 saturated heterocycles. The molecule has 0 aromatic heterocycles. The monoisotopic (exact) mass is 593 g/mol. The number of benzene rings is 4. The van der Waals surface area contributed by atoms with E-state index in [9.17, 15) is 4.57 Å². The SMILES string of the molecule is CC(C)(C)c1cccc(C(C)(C)C)c1-c1ccc(O[PH+]=O)c(-c2c(C(C)(C)C)cccc2C(C)(C)C)c1-c1ccccc1. The summed E-state index contributed by atoms with van der Waals surface area (Å²) in [6.45, 7) is 27.4. The fourth-order valence-corrected chi connectivity index (χ4v) is 6.50. The highest BCUT2D eigenvalue weighted by Crippen LogP contribution is 2.53. The summed E-state index contributed by atoms with van der Waals surface area (Å²) in [5, 5.41) is 0. The van der Waals surface area contributed by atoms with Gasteiger partial charge in [0, 0.05) is 11.1 Å². The second kappa shape index (κ2) is 11.7. The maximum Gasteiger partial charge on any atom is 0.542 e. The lowest BCUT2D eigenvalue weighted by Gasteiger charge is -2.34.